The van der Waals surface area contributed by atoms with Crippen molar-refractivity contribution in [1.29, 1.82) is 0 Å². The molecule has 0 fully saturated rings. The molecule has 0 saturated heterocycles. The molecule has 0 aliphatic carbocycles. The largest absolute Gasteiger partial charge is 0.410 e. The van der Waals surface area contributed by atoms with Gasteiger partial charge in [0, 0.05) is 18.3 Å². The average molecular weight is 522 g/mol. The van der Waals surface area contributed by atoms with Gasteiger partial charge in [-0.15, -0.1) is 16.4 Å². The van der Waals surface area contributed by atoms with Crippen molar-refractivity contribution in [3.63, 3.8) is 0 Å². The number of nitrogens with two attached hydrogens (primary N) is 1. The lowest BCUT2D eigenvalue weighted by molar-refractivity contribution is -0.161. The summed E-state index contributed by atoms with van der Waals surface area (Å²) in [6, 6.07) is 6.01. The number of hydrogen-bond acceptors (Lipinski definition) is 7. The molecule has 4 rings (SSSR count). The van der Waals surface area contributed by atoms with Crippen LogP contribution in [0.25, 0.3) is 16.8 Å². The number of thiophene rings is 1. The van der Waals surface area contributed by atoms with E-state index in [4.69, 9.17) is 10.8 Å². The molecule has 5 N–H and O–H groups in total. The summed E-state index contributed by atoms with van der Waals surface area (Å²) in [5.41, 5.74) is 6.82. The van der Waals surface area contributed by atoms with Crippen LogP contribution >= 0.6 is 11.3 Å². The number of halogens is 4. The number of nitrogens with one attached hydrogen (secondary N) is 2. The molecule has 0 saturated carbocycles. The monoisotopic (exact) mass is 522 g/mol. The number of aliphatic hydroxyl groups is 1. The summed E-state index contributed by atoms with van der Waals surface area (Å²) in [4.78, 5) is 29.5. The maximum Gasteiger partial charge on any atom is 0.410 e. The summed E-state index contributed by atoms with van der Waals surface area (Å²) in [6.07, 6.45) is -3.40. The lowest BCUT2D eigenvalue weighted by Crippen LogP contribution is -2.47. The number of anilines is 1. The lowest BCUT2D eigenvalue weighted by atomic mass is 10.1. The first-order valence-corrected chi connectivity index (χ1v) is 11.2. The zero-order valence-corrected chi connectivity index (χ0v) is 19.0. The van der Waals surface area contributed by atoms with Crippen LogP contribution in [0.2, 0.25) is 0 Å². The predicted octanol–water partition coefficient (Wildman–Crippen LogP) is 2.76. The van der Waals surface area contributed by atoms with Crippen molar-refractivity contribution in [2.45, 2.75) is 18.8 Å². The first kappa shape index (κ1) is 25.1. The molecule has 188 valence electrons. The van der Waals surface area contributed by atoms with E-state index in [1.165, 1.54) is 24.4 Å². The van der Waals surface area contributed by atoms with Gasteiger partial charge in [0.15, 0.2) is 5.65 Å². The van der Waals surface area contributed by atoms with E-state index in [2.05, 4.69) is 15.4 Å². The fraction of sp³-hybridized carbons (Fsp3) is 0.182. The number of fused-ring (bicyclic) bond motifs is 1. The second-order valence-corrected chi connectivity index (χ2v) is 8.55. The molecule has 4 aromatic rings. The standard InChI is InChI=1S/C22H18F4N6O3S/c23-14-3-1-11(2-4-14)7-28-20(35)16-6-13(10-36-16)12-5-15(18-30-21(27)31-32(18)8-12)19(34)29-17(9-33)22(24,25)26/h1-6,8,10,17,33H,7,9H2,(H2,27,31)(H,28,35)(H,29,34)/t17-/m1/s1. The first-order valence-electron chi connectivity index (χ1n) is 10.3. The minimum absolute atomic E-state index is 0.0832. The van der Waals surface area contributed by atoms with E-state index in [1.54, 1.807) is 28.9 Å². The topological polar surface area (TPSA) is 135 Å². The zero-order valence-electron chi connectivity index (χ0n) is 18.2. The molecule has 0 unspecified atom stereocenters. The van der Waals surface area contributed by atoms with Crippen LogP contribution in [0, 0.1) is 5.82 Å². The average Bonchev–Trinajstić information content (AvgIpc) is 3.46. The van der Waals surface area contributed by atoms with E-state index in [0.29, 0.717) is 21.6 Å². The van der Waals surface area contributed by atoms with E-state index in [-0.39, 0.29) is 23.7 Å². The van der Waals surface area contributed by atoms with Crippen molar-refractivity contribution >= 4 is 34.7 Å². The molecular weight excluding hydrogens is 504 g/mol. The molecule has 0 aliphatic rings. The highest BCUT2D eigenvalue weighted by Gasteiger charge is 2.40. The Morgan fingerprint density at radius 2 is 1.86 bits per heavy atom. The molecule has 1 atom stereocenters. The van der Waals surface area contributed by atoms with Crippen molar-refractivity contribution in [2.75, 3.05) is 12.3 Å². The fourth-order valence-corrected chi connectivity index (χ4v) is 4.11. The number of carbonyl (C=O) groups is 2. The van der Waals surface area contributed by atoms with Gasteiger partial charge in [0.2, 0.25) is 5.95 Å². The van der Waals surface area contributed by atoms with Crippen LogP contribution in [0.5, 0.6) is 0 Å². The third-order valence-corrected chi connectivity index (χ3v) is 6.03. The lowest BCUT2D eigenvalue weighted by Gasteiger charge is -2.19. The maximum atomic E-state index is 13.0. The van der Waals surface area contributed by atoms with Crippen LogP contribution in [0.3, 0.4) is 0 Å². The van der Waals surface area contributed by atoms with E-state index >= 15 is 0 Å². The Bertz CT molecular complexity index is 1420. The molecule has 1 aromatic carbocycles. The third kappa shape index (κ3) is 5.44. The normalized spacial score (nSPS) is 12.5. The molecule has 36 heavy (non-hydrogen) atoms. The molecule has 0 aliphatic heterocycles. The highest BCUT2D eigenvalue weighted by atomic mass is 32.1. The second kappa shape index (κ2) is 9.91. The number of rotatable bonds is 7. The summed E-state index contributed by atoms with van der Waals surface area (Å²) >= 11 is 1.11. The van der Waals surface area contributed by atoms with Crippen molar-refractivity contribution < 1.29 is 32.3 Å². The van der Waals surface area contributed by atoms with Crippen LogP contribution in [-0.2, 0) is 6.54 Å². The van der Waals surface area contributed by atoms with Crippen LogP contribution in [0.4, 0.5) is 23.5 Å². The van der Waals surface area contributed by atoms with Crippen LogP contribution < -0.4 is 16.4 Å². The van der Waals surface area contributed by atoms with Gasteiger partial charge < -0.3 is 21.5 Å². The Morgan fingerprint density at radius 3 is 2.53 bits per heavy atom. The summed E-state index contributed by atoms with van der Waals surface area (Å²) in [7, 11) is 0. The molecule has 2 amide bonds. The van der Waals surface area contributed by atoms with Crippen LogP contribution in [0.15, 0.2) is 48.0 Å². The quantitative estimate of drug-likeness (QED) is 0.276. The highest BCUT2D eigenvalue weighted by Crippen LogP contribution is 2.28. The summed E-state index contributed by atoms with van der Waals surface area (Å²) in [5.74, 6) is -2.13. The SMILES string of the molecule is Nc1nc2c(C(=O)N[C@H](CO)C(F)(F)F)cc(-c3csc(C(=O)NCc4ccc(F)cc4)c3)cn2n1. The summed E-state index contributed by atoms with van der Waals surface area (Å²) < 4.78 is 53.3. The Hall–Kier alpha value is -4.04. The number of pyridine rings is 1. The van der Waals surface area contributed by atoms with Gasteiger partial charge in [-0.25, -0.2) is 8.91 Å². The molecule has 14 heteroatoms. The summed E-state index contributed by atoms with van der Waals surface area (Å²) in [6.45, 7) is -1.17. The maximum absolute atomic E-state index is 13.0. The van der Waals surface area contributed by atoms with Gasteiger partial charge in [0.1, 0.15) is 11.9 Å². The Labute approximate surface area is 204 Å². The number of alkyl halides is 3. The predicted molar refractivity (Wildman–Crippen MR) is 123 cm³/mol. The molecule has 0 bridgehead atoms. The summed E-state index contributed by atoms with van der Waals surface area (Å²) in [5, 5.41) is 19.1. The van der Waals surface area contributed by atoms with Gasteiger partial charge >= 0.3 is 6.18 Å². The molecule has 0 spiro atoms. The Kier molecular flexibility index (Phi) is 6.90. The number of amides is 2. The number of carbonyl (C=O) groups excluding carboxylic acids is 2. The van der Waals surface area contributed by atoms with Crippen LogP contribution in [-0.4, -0.2) is 50.3 Å². The molecule has 3 aromatic heterocycles. The van der Waals surface area contributed by atoms with E-state index < -0.39 is 36.5 Å². The Balaban J connectivity index is 1.59. The molecule has 9 nitrogen and oxygen atoms in total. The van der Waals surface area contributed by atoms with E-state index in [0.717, 1.165) is 15.9 Å². The highest BCUT2D eigenvalue weighted by molar-refractivity contribution is 7.12. The van der Waals surface area contributed by atoms with Crippen LogP contribution in [0.1, 0.15) is 25.6 Å². The number of nitrogen functional groups attached to an aromatic ring is 1. The van der Waals surface area contributed by atoms with E-state index in [1.807, 2.05) is 0 Å². The van der Waals surface area contributed by atoms with Crippen molar-refractivity contribution in [2.24, 2.45) is 0 Å². The molecule has 3 heterocycles. The number of hydrogen-bond donors (Lipinski definition) is 4. The smallest absolute Gasteiger partial charge is 0.394 e. The van der Waals surface area contributed by atoms with Gasteiger partial charge in [-0.3, -0.25) is 9.59 Å². The second-order valence-electron chi connectivity index (χ2n) is 7.64. The number of nitrogens with zero attached hydrogens (tertiary/aromatic N) is 3. The van der Waals surface area contributed by atoms with Crippen molar-refractivity contribution in [3.05, 3.63) is 69.8 Å². The zero-order chi connectivity index (χ0) is 26.0. The van der Waals surface area contributed by atoms with E-state index in [9.17, 15) is 27.2 Å². The van der Waals surface area contributed by atoms with Gasteiger partial charge in [-0.1, -0.05) is 12.1 Å². The van der Waals surface area contributed by atoms with Gasteiger partial charge in [0.25, 0.3) is 11.8 Å². The molecular formula is C22H18F4N6O3S. The number of benzene rings is 1. The van der Waals surface area contributed by atoms with Gasteiger partial charge in [0.05, 0.1) is 17.0 Å². The van der Waals surface area contributed by atoms with Gasteiger partial charge in [-0.05, 0) is 40.8 Å². The minimum atomic E-state index is -4.87. The van der Waals surface area contributed by atoms with Crippen molar-refractivity contribution in [1.82, 2.24) is 25.2 Å². The Morgan fingerprint density at radius 1 is 1.14 bits per heavy atom. The minimum Gasteiger partial charge on any atom is -0.394 e. The van der Waals surface area contributed by atoms with Crippen molar-refractivity contribution in [3.8, 4) is 11.1 Å². The fourth-order valence-electron chi connectivity index (χ4n) is 3.27. The molecule has 0 radical (unpaired) electrons. The first-order chi connectivity index (χ1) is 17.0. The third-order valence-electron chi connectivity index (χ3n) is 5.10. The van der Waals surface area contributed by atoms with Gasteiger partial charge in [-0.2, -0.15) is 18.2 Å². The number of aromatic nitrogens is 3. The number of aliphatic hydroxyl groups excluding tert-OH is 1.